The van der Waals surface area contributed by atoms with Crippen LogP contribution in [0, 0.1) is 17.0 Å². The van der Waals surface area contributed by atoms with Crippen LogP contribution >= 0.6 is 0 Å². The Balaban J connectivity index is 1.70. The van der Waals surface area contributed by atoms with E-state index >= 15 is 0 Å². The number of nitrogens with zero attached hydrogens (tertiary/aromatic N) is 2. The summed E-state index contributed by atoms with van der Waals surface area (Å²) >= 11 is 0. The second kappa shape index (κ2) is 12.3. The summed E-state index contributed by atoms with van der Waals surface area (Å²) in [6.07, 6.45) is 4.23. The quantitative estimate of drug-likeness (QED) is 0.309. The lowest BCUT2D eigenvalue weighted by Gasteiger charge is -2.33. The van der Waals surface area contributed by atoms with Crippen LogP contribution in [-0.4, -0.2) is 33.7 Å². The Hall–Kier alpha value is -4.00. The van der Waals surface area contributed by atoms with Gasteiger partial charge in [-0.05, 0) is 36.5 Å². The van der Waals surface area contributed by atoms with Gasteiger partial charge in [0, 0.05) is 30.6 Å². The third kappa shape index (κ3) is 6.82. The van der Waals surface area contributed by atoms with Crippen molar-refractivity contribution in [3.8, 4) is 0 Å². The maximum absolute atomic E-state index is 13.9. The van der Waals surface area contributed by atoms with Gasteiger partial charge in [0.1, 0.15) is 6.04 Å². The number of nitro groups is 1. The standard InChI is InChI=1S/C30H33N3O4/c1-22-11-5-6-15-25(22)21-32(29(34)20-24-14-7-10-18-27(24)33(36)37)28(19-23-12-3-2-4-13-23)30(35)31-26-16-8-9-17-26/h2-7,10-15,18,26,28H,8-9,16-17,19-21H2,1H3,(H,31,35)/t28-/m1/s1. The van der Waals surface area contributed by atoms with Gasteiger partial charge in [0.15, 0.2) is 0 Å². The first kappa shape index (κ1) is 26.1. The molecule has 1 aliphatic carbocycles. The molecular weight excluding hydrogens is 466 g/mol. The number of carbonyl (C=O) groups is 2. The molecule has 0 heterocycles. The molecule has 3 aromatic carbocycles. The lowest BCUT2D eigenvalue weighted by Crippen LogP contribution is -2.52. The number of carbonyl (C=O) groups excluding carboxylic acids is 2. The molecule has 0 radical (unpaired) electrons. The van der Waals surface area contributed by atoms with Crippen molar-refractivity contribution in [2.75, 3.05) is 0 Å². The number of hydrogen-bond acceptors (Lipinski definition) is 4. The predicted molar refractivity (Wildman–Crippen MR) is 143 cm³/mol. The fourth-order valence-electron chi connectivity index (χ4n) is 5.00. The SMILES string of the molecule is Cc1ccccc1CN(C(=O)Cc1ccccc1[N+](=O)[O-])[C@H](Cc1ccccc1)C(=O)NC1CCCC1. The zero-order chi connectivity index (χ0) is 26.2. The van der Waals surface area contributed by atoms with Gasteiger partial charge >= 0.3 is 0 Å². The molecule has 1 atom stereocenters. The molecule has 1 N–H and O–H groups in total. The minimum Gasteiger partial charge on any atom is -0.352 e. The Labute approximate surface area is 217 Å². The molecule has 37 heavy (non-hydrogen) atoms. The van der Waals surface area contributed by atoms with E-state index < -0.39 is 11.0 Å². The first-order chi connectivity index (χ1) is 17.9. The second-order valence-electron chi connectivity index (χ2n) is 9.71. The average Bonchev–Trinajstić information content (AvgIpc) is 3.41. The van der Waals surface area contributed by atoms with Crippen molar-refractivity contribution in [2.45, 2.75) is 64.1 Å². The Morgan fingerprint density at radius 3 is 2.24 bits per heavy atom. The van der Waals surface area contributed by atoms with E-state index in [4.69, 9.17) is 0 Å². The predicted octanol–water partition coefficient (Wildman–Crippen LogP) is 5.14. The van der Waals surface area contributed by atoms with E-state index in [-0.39, 0.29) is 36.5 Å². The first-order valence-corrected chi connectivity index (χ1v) is 12.8. The van der Waals surface area contributed by atoms with Crippen molar-refractivity contribution >= 4 is 17.5 Å². The van der Waals surface area contributed by atoms with E-state index in [0.29, 0.717) is 12.0 Å². The molecule has 0 spiro atoms. The van der Waals surface area contributed by atoms with Crippen LogP contribution in [0.2, 0.25) is 0 Å². The Bertz CT molecular complexity index is 1240. The first-order valence-electron chi connectivity index (χ1n) is 12.8. The number of hydrogen-bond donors (Lipinski definition) is 1. The Kier molecular flexibility index (Phi) is 8.67. The van der Waals surface area contributed by atoms with E-state index in [0.717, 1.165) is 42.4 Å². The number of rotatable bonds is 10. The van der Waals surface area contributed by atoms with Crippen LogP contribution in [-0.2, 0) is 29.0 Å². The maximum atomic E-state index is 13.9. The number of nitro benzene ring substituents is 1. The lowest BCUT2D eigenvalue weighted by atomic mass is 9.99. The number of benzene rings is 3. The van der Waals surface area contributed by atoms with Gasteiger partial charge in [0.25, 0.3) is 5.69 Å². The average molecular weight is 500 g/mol. The smallest absolute Gasteiger partial charge is 0.273 e. The molecule has 1 aliphatic rings. The van der Waals surface area contributed by atoms with Gasteiger partial charge in [-0.25, -0.2) is 0 Å². The summed E-state index contributed by atoms with van der Waals surface area (Å²) in [5.74, 6) is -0.500. The van der Waals surface area contributed by atoms with Gasteiger partial charge < -0.3 is 10.2 Å². The molecule has 192 valence electrons. The molecule has 0 aliphatic heterocycles. The highest BCUT2D eigenvalue weighted by molar-refractivity contribution is 5.89. The molecule has 0 aromatic heterocycles. The van der Waals surface area contributed by atoms with Gasteiger partial charge in [0.05, 0.1) is 11.3 Å². The molecular formula is C30H33N3O4. The molecule has 0 unspecified atom stereocenters. The summed E-state index contributed by atoms with van der Waals surface area (Å²) in [7, 11) is 0. The van der Waals surface area contributed by atoms with Gasteiger partial charge in [-0.1, -0.05) is 85.6 Å². The molecule has 2 amide bonds. The monoisotopic (exact) mass is 499 g/mol. The second-order valence-corrected chi connectivity index (χ2v) is 9.71. The normalized spacial score (nSPS) is 14.2. The van der Waals surface area contributed by atoms with Crippen LogP contribution in [0.15, 0.2) is 78.9 Å². The topological polar surface area (TPSA) is 92.6 Å². The van der Waals surface area contributed by atoms with E-state index in [2.05, 4.69) is 5.32 Å². The molecule has 1 saturated carbocycles. The number of para-hydroxylation sites is 1. The van der Waals surface area contributed by atoms with Crippen molar-refractivity contribution in [3.63, 3.8) is 0 Å². The summed E-state index contributed by atoms with van der Waals surface area (Å²) in [5, 5.41) is 14.8. The van der Waals surface area contributed by atoms with Crippen molar-refractivity contribution in [2.24, 2.45) is 0 Å². The fourth-order valence-corrected chi connectivity index (χ4v) is 5.00. The van der Waals surface area contributed by atoms with Crippen LogP contribution in [0.25, 0.3) is 0 Å². The Morgan fingerprint density at radius 1 is 0.946 bits per heavy atom. The highest BCUT2D eigenvalue weighted by Crippen LogP contribution is 2.23. The summed E-state index contributed by atoms with van der Waals surface area (Å²) in [6.45, 7) is 2.21. The minimum absolute atomic E-state index is 0.0956. The maximum Gasteiger partial charge on any atom is 0.273 e. The van der Waals surface area contributed by atoms with Crippen molar-refractivity contribution in [3.05, 3.63) is 111 Å². The minimum atomic E-state index is -0.752. The number of amides is 2. The molecule has 0 bridgehead atoms. The summed E-state index contributed by atoms with van der Waals surface area (Å²) in [5.41, 5.74) is 3.14. The van der Waals surface area contributed by atoms with E-state index in [1.807, 2.05) is 61.5 Å². The van der Waals surface area contributed by atoms with E-state index in [1.165, 1.54) is 6.07 Å². The molecule has 7 nitrogen and oxygen atoms in total. The fraction of sp³-hybridized carbons (Fsp3) is 0.333. The van der Waals surface area contributed by atoms with Crippen LogP contribution in [0.3, 0.4) is 0 Å². The van der Waals surface area contributed by atoms with Crippen molar-refractivity contribution < 1.29 is 14.5 Å². The molecule has 1 fully saturated rings. The molecule has 4 rings (SSSR count). The van der Waals surface area contributed by atoms with Gasteiger partial charge in [-0.3, -0.25) is 19.7 Å². The number of nitrogens with one attached hydrogen (secondary N) is 1. The van der Waals surface area contributed by atoms with Gasteiger partial charge in [-0.2, -0.15) is 0 Å². The van der Waals surface area contributed by atoms with Gasteiger partial charge in [-0.15, -0.1) is 0 Å². The number of aryl methyl sites for hydroxylation is 1. The molecule has 7 heteroatoms. The van der Waals surface area contributed by atoms with Crippen molar-refractivity contribution in [1.29, 1.82) is 0 Å². The zero-order valence-electron chi connectivity index (χ0n) is 21.1. The Morgan fingerprint density at radius 2 is 1.57 bits per heavy atom. The summed E-state index contributed by atoms with van der Waals surface area (Å²) < 4.78 is 0. The molecule has 3 aromatic rings. The highest BCUT2D eigenvalue weighted by Gasteiger charge is 2.33. The lowest BCUT2D eigenvalue weighted by molar-refractivity contribution is -0.385. The van der Waals surface area contributed by atoms with E-state index in [9.17, 15) is 19.7 Å². The van der Waals surface area contributed by atoms with Gasteiger partial charge in [0.2, 0.25) is 11.8 Å². The van der Waals surface area contributed by atoms with Crippen LogP contribution in [0.1, 0.15) is 47.9 Å². The third-order valence-electron chi connectivity index (χ3n) is 7.10. The highest BCUT2D eigenvalue weighted by atomic mass is 16.6. The van der Waals surface area contributed by atoms with Crippen molar-refractivity contribution in [1.82, 2.24) is 10.2 Å². The van der Waals surface area contributed by atoms with Crippen LogP contribution in [0.5, 0.6) is 0 Å². The summed E-state index contributed by atoms with van der Waals surface area (Å²) in [6, 6.07) is 23.1. The van der Waals surface area contributed by atoms with Crippen LogP contribution < -0.4 is 5.32 Å². The molecule has 0 saturated heterocycles. The zero-order valence-corrected chi connectivity index (χ0v) is 21.1. The third-order valence-corrected chi connectivity index (χ3v) is 7.10. The van der Waals surface area contributed by atoms with Crippen LogP contribution in [0.4, 0.5) is 5.69 Å². The largest absolute Gasteiger partial charge is 0.352 e. The van der Waals surface area contributed by atoms with E-state index in [1.54, 1.807) is 23.1 Å². The summed E-state index contributed by atoms with van der Waals surface area (Å²) in [4.78, 5) is 40.4.